The summed E-state index contributed by atoms with van der Waals surface area (Å²) in [5, 5.41) is 2.68. The molecule has 7 heteroatoms. The van der Waals surface area contributed by atoms with Gasteiger partial charge in [0.25, 0.3) is 0 Å². The fraction of sp³-hybridized carbons (Fsp3) is 0.222. The first-order valence-electron chi connectivity index (χ1n) is 7.76. The Morgan fingerprint density at radius 1 is 1.16 bits per heavy atom. The molecule has 0 aromatic heterocycles. The zero-order valence-electron chi connectivity index (χ0n) is 13.1. The Bertz CT molecular complexity index is 828. The first kappa shape index (κ1) is 17.5. The van der Waals surface area contributed by atoms with Crippen molar-refractivity contribution in [2.24, 2.45) is 5.92 Å². The normalized spacial score (nSPS) is 17.5. The lowest BCUT2D eigenvalue weighted by molar-refractivity contribution is -0.124. The van der Waals surface area contributed by atoms with Crippen molar-refractivity contribution in [1.82, 2.24) is 0 Å². The Balaban J connectivity index is 1.75. The maximum Gasteiger partial charge on any atom is 0.229 e. The lowest BCUT2D eigenvalue weighted by Crippen LogP contribution is -2.44. The molecule has 4 nitrogen and oxygen atoms in total. The van der Waals surface area contributed by atoms with Gasteiger partial charge in [-0.25, -0.2) is 8.78 Å². The molecule has 130 valence electrons. The summed E-state index contributed by atoms with van der Waals surface area (Å²) in [6.45, 7) is 0.154. The van der Waals surface area contributed by atoms with Crippen molar-refractivity contribution in [3.05, 3.63) is 58.6 Å². The van der Waals surface area contributed by atoms with Gasteiger partial charge in [0.15, 0.2) is 0 Å². The molecule has 0 spiro atoms. The number of rotatable bonds is 3. The minimum absolute atomic E-state index is 0.151. The van der Waals surface area contributed by atoms with Gasteiger partial charge in [-0.15, -0.1) is 0 Å². The summed E-state index contributed by atoms with van der Waals surface area (Å²) in [5.41, 5.74) is 0.758. The second-order valence-corrected chi connectivity index (χ2v) is 6.69. The number of carbonyl (C=O) groups is 2. The van der Waals surface area contributed by atoms with E-state index in [-0.39, 0.29) is 24.8 Å². The summed E-state index contributed by atoms with van der Waals surface area (Å²) in [6.07, 6.45) is 0.586. The quantitative estimate of drug-likeness (QED) is 0.830. The minimum atomic E-state index is -0.462. The van der Waals surface area contributed by atoms with Crippen molar-refractivity contribution in [2.45, 2.75) is 12.8 Å². The van der Waals surface area contributed by atoms with Gasteiger partial charge in [-0.3, -0.25) is 9.59 Å². The highest BCUT2D eigenvalue weighted by Crippen LogP contribution is 2.28. The smallest absolute Gasteiger partial charge is 0.229 e. The summed E-state index contributed by atoms with van der Waals surface area (Å²) < 4.78 is 27.3. The molecule has 0 radical (unpaired) electrons. The molecule has 25 heavy (non-hydrogen) atoms. The number of hydrogen-bond donors (Lipinski definition) is 1. The molecule has 2 aromatic carbocycles. The molecule has 3 rings (SSSR count). The van der Waals surface area contributed by atoms with Crippen LogP contribution in [0.25, 0.3) is 0 Å². The van der Waals surface area contributed by atoms with Gasteiger partial charge in [-0.05, 0) is 58.7 Å². The third-order valence-electron chi connectivity index (χ3n) is 4.09. The molecule has 1 atom stereocenters. The monoisotopic (exact) mass is 408 g/mol. The van der Waals surface area contributed by atoms with Gasteiger partial charge in [-0.1, -0.05) is 6.07 Å². The lowest BCUT2D eigenvalue weighted by atomic mass is 9.96. The highest BCUT2D eigenvalue weighted by Gasteiger charge is 2.31. The number of hydrogen-bond acceptors (Lipinski definition) is 2. The van der Waals surface area contributed by atoms with Crippen molar-refractivity contribution in [1.29, 1.82) is 0 Å². The number of amides is 2. The van der Waals surface area contributed by atoms with Crippen LogP contribution in [0.5, 0.6) is 0 Å². The predicted octanol–water partition coefficient (Wildman–Crippen LogP) is 4.11. The highest BCUT2D eigenvalue weighted by atomic mass is 79.9. The molecule has 1 N–H and O–H groups in total. The third-order valence-corrected chi connectivity index (χ3v) is 4.78. The van der Waals surface area contributed by atoms with Gasteiger partial charge in [0, 0.05) is 23.1 Å². The van der Waals surface area contributed by atoms with Gasteiger partial charge in [0.05, 0.1) is 11.6 Å². The molecule has 1 aliphatic rings. The molecular weight excluding hydrogens is 394 g/mol. The summed E-state index contributed by atoms with van der Waals surface area (Å²) in [4.78, 5) is 26.1. The number of nitrogens with one attached hydrogen (secondary N) is 1. The summed E-state index contributed by atoms with van der Waals surface area (Å²) in [6, 6.07) is 9.72. The average Bonchev–Trinajstić information content (AvgIpc) is 2.58. The molecular formula is C18H15BrF2N2O2. The van der Waals surface area contributed by atoms with Crippen LogP contribution in [0, 0.1) is 17.6 Å². The molecule has 0 bridgehead atoms. The van der Waals surface area contributed by atoms with E-state index in [9.17, 15) is 18.4 Å². The number of halogens is 3. The Hall–Kier alpha value is -2.28. The van der Waals surface area contributed by atoms with Crippen LogP contribution in [0.4, 0.5) is 20.2 Å². The number of benzene rings is 2. The Morgan fingerprint density at radius 2 is 1.92 bits per heavy atom. The van der Waals surface area contributed by atoms with E-state index in [4.69, 9.17) is 0 Å². The van der Waals surface area contributed by atoms with Crippen LogP contribution < -0.4 is 10.2 Å². The van der Waals surface area contributed by atoms with Crippen molar-refractivity contribution in [3.8, 4) is 0 Å². The van der Waals surface area contributed by atoms with E-state index < -0.39 is 17.6 Å². The maximum atomic E-state index is 13.4. The Labute approximate surface area is 152 Å². The number of nitrogens with zero attached hydrogens (tertiary/aromatic N) is 1. The Kier molecular flexibility index (Phi) is 5.13. The minimum Gasteiger partial charge on any atom is -0.325 e. The summed E-state index contributed by atoms with van der Waals surface area (Å²) in [5.74, 6) is -1.82. The van der Waals surface area contributed by atoms with Crippen molar-refractivity contribution >= 4 is 39.1 Å². The molecule has 1 fully saturated rings. The molecule has 0 saturated carbocycles. The van der Waals surface area contributed by atoms with Crippen LogP contribution in [0.15, 0.2) is 46.9 Å². The fourth-order valence-electron chi connectivity index (χ4n) is 2.78. The van der Waals surface area contributed by atoms with E-state index in [1.54, 1.807) is 6.07 Å². The molecule has 1 saturated heterocycles. The molecule has 1 unspecified atom stereocenters. The maximum absolute atomic E-state index is 13.4. The second-order valence-electron chi connectivity index (χ2n) is 5.83. The van der Waals surface area contributed by atoms with E-state index in [0.29, 0.717) is 22.3 Å². The Morgan fingerprint density at radius 3 is 2.68 bits per heavy atom. The first-order valence-corrected chi connectivity index (χ1v) is 8.55. The van der Waals surface area contributed by atoms with Crippen LogP contribution in [-0.2, 0) is 9.59 Å². The first-order chi connectivity index (χ1) is 11.9. The molecule has 2 amide bonds. The summed E-state index contributed by atoms with van der Waals surface area (Å²) >= 11 is 3.26. The van der Waals surface area contributed by atoms with Crippen LogP contribution in [0.3, 0.4) is 0 Å². The average molecular weight is 409 g/mol. The van der Waals surface area contributed by atoms with Gasteiger partial charge in [-0.2, -0.15) is 0 Å². The van der Waals surface area contributed by atoms with Gasteiger partial charge in [0.1, 0.15) is 11.6 Å². The predicted molar refractivity (Wildman–Crippen MR) is 94.2 cm³/mol. The number of piperidine rings is 1. The molecule has 1 heterocycles. The van der Waals surface area contributed by atoms with Crippen LogP contribution in [0.2, 0.25) is 0 Å². The summed E-state index contributed by atoms with van der Waals surface area (Å²) in [7, 11) is 0. The third kappa shape index (κ3) is 4.04. The molecule has 2 aromatic rings. The fourth-order valence-corrected chi connectivity index (χ4v) is 3.13. The van der Waals surface area contributed by atoms with Crippen LogP contribution >= 0.6 is 15.9 Å². The number of carbonyl (C=O) groups excluding carboxylic acids is 2. The SMILES string of the molecule is O=C(Nc1cc(F)ccc1Br)C1CCC(=O)N(c2cccc(F)c2)C1. The van der Waals surface area contributed by atoms with Gasteiger partial charge >= 0.3 is 0 Å². The standard InChI is InChI=1S/C18H15BrF2N2O2/c19-15-6-5-13(21)9-16(15)22-18(25)11-4-7-17(24)23(10-11)14-3-1-2-12(20)8-14/h1-3,5-6,8-9,11H,4,7,10H2,(H,22,25). The van der Waals surface area contributed by atoms with Crippen molar-refractivity contribution < 1.29 is 18.4 Å². The topological polar surface area (TPSA) is 49.4 Å². The van der Waals surface area contributed by atoms with Crippen LogP contribution in [-0.4, -0.2) is 18.4 Å². The van der Waals surface area contributed by atoms with Crippen molar-refractivity contribution in [3.63, 3.8) is 0 Å². The van der Waals surface area contributed by atoms with E-state index in [2.05, 4.69) is 21.2 Å². The van der Waals surface area contributed by atoms with E-state index in [0.717, 1.165) is 0 Å². The largest absolute Gasteiger partial charge is 0.325 e. The van der Waals surface area contributed by atoms with Crippen molar-refractivity contribution in [2.75, 3.05) is 16.8 Å². The van der Waals surface area contributed by atoms with Gasteiger partial charge in [0.2, 0.25) is 11.8 Å². The molecule has 1 aliphatic heterocycles. The zero-order valence-corrected chi connectivity index (χ0v) is 14.7. The van der Waals surface area contributed by atoms with E-state index in [1.165, 1.54) is 41.3 Å². The number of anilines is 2. The zero-order chi connectivity index (χ0) is 18.0. The van der Waals surface area contributed by atoms with Gasteiger partial charge < -0.3 is 10.2 Å². The van der Waals surface area contributed by atoms with E-state index >= 15 is 0 Å². The highest BCUT2D eigenvalue weighted by molar-refractivity contribution is 9.10. The second kappa shape index (κ2) is 7.31. The van der Waals surface area contributed by atoms with Crippen LogP contribution in [0.1, 0.15) is 12.8 Å². The van der Waals surface area contributed by atoms with E-state index in [1.807, 2.05) is 0 Å². The lowest BCUT2D eigenvalue weighted by Gasteiger charge is -2.32. The molecule has 0 aliphatic carbocycles.